The van der Waals surface area contributed by atoms with Crippen LogP contribution >= 0.6 is 11.6 Å². The van der Waals surface area contributed by atoms with E-state index in [-0.39, 0.29) is 24.8 Å². The molecule has 2 atom stereocenters. The highest BCUT2D eigenvalue weighted by Crippen LogP contribution is 2.44. The van der Waals surface area contributed by atoms with Gasteiger partial charge in [-0.2, -0.15) is 0 Å². The number of nitrogens with zero attached hydrogens (tertiary/aromatic N) is 2. The van der Waals surface area contributed by atoms with Gasteiger partial charge in [0.05, 0.1) is 11.2 Å². The summed E-state index contributed by atoms with van der Waals surface area (Å²) in [6.07, 6.45) is 0. The van der Waals surface area contributed by atoms with Gasteiger partial charge in [0, 0.05) is 43.7 Å². The first kappa shape index (κ1) is 17.7. The zero-order valence-electron chi connectivity index (χ0n) is 13.5. The van der Waals surface area contributed by atoms with Gasteiger partial charge in [-0.3, -0.25) is 9.69 Å². The van der Waals surface area contributed by atoms with Crippen molar-refractivity contribution in [3.8, 4) is 0 Å². The third kappa shape index (κ3) is 3.06. The van der Waals surface area contributed by atoms with E-state index >= 15 is 0 Å². The third-order valence-electron chi connectivity index (χ3n) is 5.13. The van der Waals surface area contributed by atoms with Crippen molar-refractivity contribution in [1.29, 1.82) is 0 Å². The molecule has 3 rings (SSSR count). The fourth-order valence-corrected chi connectivity index (χ4v) is 5.25. The van der Waals surface area contributed by atoms with Gasteiger partial charge in [-0.25, -0.2) is 12.7 Å². The molecule has 2 saturated heterocycles. The van der Waals surface area contributed by atoms with Gasteiger partial charge in [0.25, 0.3) is 0 Å². The molecule has 0 bridgehead atoms. The number of halogens is 1. The van der Waals surface area contributed by atoms with E-state index in [0.29, 0.717) is 24.7 Å². The highest BCUT2D eigenvalue weighted by atomic mass is 35.5. The molecule has 0 radical (unpaired) electrons. The third-order valence-corrected chi connectivity index (χ3v) is 7.16. The maximum atomic E-state index is 12.1. The average Bonchev–Trinajstić information content (AvgIpc) is 3.02. The first-order chi connectivity index (χ1) is 11.3. The van der Waals surface area contributed by atoms with Crippen LogP contribution in [0.25, 0.3) is 0 Å². The van der Waals surface area contributed by atoms with E-state index in [4.69, 9.17) is 11.6 Å². The van der Waals surface area contributed by atoms with E-state index < -0.39 is 21.4 Å². The molecule has 8 heteroatoms. The van der Waals surface area contributed by atoms with Gasteiger partial charge in [0.1, 0.15) is 0 Å². The Hall–Kier alpha value is -1.15. The molecule has 0 spiro atoms. The zero-order valence-corrected chi connectivity index (χ0v) is 15.1. The lowest BCUT2D eigenvalue weighted by Gasteiger charge is -2.25. The Morgan fingerprint density at radius 3 is 2.71 bits per heavy atom. The topological polar surface area (TPSA) is 77.9 Å². The van der Waals surface area contributed by atoms with Crippen LogP contribution in [0.2, 0.25) is 5.02 Å². The Balaban J connectivity index is 1.78. The van der Waals surface area contributed by atoms with Crippen LogP contribution in [0.3, 0.4) is 0 Å². The normalized spacial score (nSPS) is 28.2. The SMILES string of the molecule is CCS(=O)(=O)N1C[C@@H]2CN(Cc3cccc(Cl)c3)C[C@]2(C(=O)O)C1. The van der Waals surface area contributed by atoms with Crippen LogP contribution in [-0.4, -0.2) is 60.6 Å². The minimum atomic E-state index is -3.36. The number of rotatable bonds is 5. The monoisotopic (exact) mass is 372 g/mol. The smallest absolute Gasteiger partial charge is 0.312 e. The average molecular weight is 373 g/mol. The molecule has 0 aliphatic carbocycles. The quantitative estimate of drug-likeness (QED) is 0.847. The number of hydrogen-bond acceptors (Lipinski definition) is 4. The molecular weight excluding hydrogens is 352 g/mol. The summed E-state index contributed by atoms with van der Waals surface area (Å²) in [4.78, 5) is 14.0. The number of fused-ring (bicyclic) bond motifs is 1. The lowest BCUT2D eigenvalue weighted by molar-refractivity contribution is -0.148. The van der Waals surface area contributed by atoms with Crippen molar-refractivity contribution in [2.75, 3.05) is 31.9 Å². The molecule has 0 amide bonds. The minimum Gasteiger partial charge on any atom is -0.481 e. The van der Waals surface area contributed by atoms with Gasteiger partial charge in [0.2, 0.25) is 10.0 Å². The summed E-state index contributed by atoms with van der Waals surface area (Å²) in [5.41, 5.74) is 0.0157. The van der Waals surface area contributed by atoms with Crippen molar-refractivity contribution in [3.05, 3.63) is 34.9 Å². The van der Waals surface area contributed by atoms with E-state index in [2.05, 4.69) is 4.90 Å². The van der Waals surface area contributed by atoms with Gasteiger partial charge in [0.15, 0.2) is 0 Å². The summed E-state index contributed by atoms with van der Waals surface area (Å²) in [6, 6.07) is 7.51. The predicted molar refractivity (Wildman–Crippen MR) is 91.3 cm³/mol. The van der Waals surface area contributed by atoms with Crippen LogP contribution in [0, 0.1) is 11.3 Å². The summed E-state index contributed by atoms with van der Waals surface area (Å²) in [5, 5.41) is 10.4. The predicted octanol–water partition coefficient (Wildman–Crippen LogP) is 1.51. The van der Waals surface area contributed by atoms with Crippen LogP contribution in [0.4, 0.5) is 0 Å². The lowest BCUT2D eigenvalue weighted by atomic mass is 9.81. The fraction of sp³-hybridized carbons (Fsp3) is 0.562. The number of carboxylic acid groups (broad SMARTS) is 1. The van der Waals surface area contributed by atoms with Gasteiger partial charge in [-0.1, -0.05) is 23.7 Å². The molecule has 1 aromatic rings. The number of likely N-dealkylation sites (tertiary alicyclic amines) is 1. The highest BCUT2D eigenvalue weighted by Gasteiger charge is 2.59. The Bertz CT molecular complexity index is 754. The van der Waals surface area contributed by atoms with Crippen LogP contribution in [0.5, 0.6) is 0 Å². The van der Waals surface area contributed by atoms with Crippen LogP contribution in [-0.2, 0) is 21.4 Å². The first-order valence-electron chi connectivity index (χ1n) is 7.95. The van der Waals surface area contributed by atoms with Crippen molar-refractivity contribution in [3.63, 3.8) is 0 Å². The largest absolute Gasteiger partial charge is 0.481 e. The van der Waals surface area contributed by atoms with Gasteiger partial charge in [-0.05, 0) is 24.6 Å². The molecule has 0 unspecified atom stereocenters. The number of carbonyl (C=O) groups is 1. The molecular formula is C16H21ClN2O4S. The summed E-state index contributed by atoms with van der Waals surface area (Å²) in [7, 11) is -3.36. The summed E-state index contributed by atoms with van der Waals surface area (Å²) < 4.78 is 25.6. The standard InChI is InChI=1S/C16H21ClN2O4S/c1-2-24(22,23)19-9-13-8-18(10-16(13,11-19)15(20)21)7-12-4-3-5-14(17)6-12/h3-6,13H,2,7-11H2,1H3,(H,20,21)/t13-,16-/m0/s1. The van der Waals surface area contributed by atoms with E-state index in [1.807, 2.05) is 18.2 Å². The van der Waals surface area contributed by atoms with Crippen molar-refractivity contribution in [1.82, 2.24) is 9.21 Å². The van der Waals surface area contributed by atoms with Crippen LogP contribution < -0.4 is 0 Å². The molecule has 1 aromatic carbocycles. The van der Waals surface area contributed by atoms with Gasteiger partial charge >= 0.3 is 5.97 Å². The number of sulfonamides is 1. The Kier molecular flexibility index (Phi) is 4.63. The minimum absolute atomic E-state index is 0.00163. The Morgan fingerprint density at radius 2 is 2.12 bits per heavy atom. The van der Waals surface area contributed by atoms with Crippen molar-refractivity contribution in [2.45, 2.75) is 13.5 Å². The van der Waals surface area contributed by atoms with Crippen molar-refractivity contribution >= 4 is 27.6 Å². The molecule has 2 aliphatic heterocycles. The summed E-state index contributed by atoms with van der Waals surface area (Å²) in [5.74, 6) is -1.09. The molecule has 0 aromatic heterocycles. The number of aliphatic carboxylic acids is 1. The summed E-state index contributed by atoms with van der Waals surface area (Å²) >= 11 is 6.00. The molecule has 2 aliphatic rings. The Morgan fingerprint density at radius 1 is 1.38 bits per heavy atom. The maximum absolute atomic E-state index is 12.1. The number of benzene rings is 1. The number of carboxylic acids is 1. The maximum Gasteiger partial charge on any atom is 0.312 e. The second-order valence-electron chi connectivity index (χ2n) is 6.65. The molecule has 24 heavy (non-hydrogen) atoms. The van der Waals surface area contributed by atoms with E-state index in [9.17, 15) is 18.3 Å². The van der Waals surface area contributed by atoms with E-state index in [1.54, 1.807) is 13.0 Å². The van der Waals surface area contributed by atoms with Crippen molar-refractivity contribution < 1.29 is 18.3 Å². The fourth-order valence-electron chi connectivity index (χ4n) is 3.83. The molecule has 2 heterocycles. The van der Waals surface area contributed by atoms with Gasteiger partial charge in [-0.15, -0.1) is 0 Å². The first-order valence-corrected chi connectivity index (χ1v) is 9.93. The van der Waals surface area contributed by atoms with Crippen LogP contribution in [0.1, 0.15) is 12.5 Å². The second kappa shape index (κ2) is 6.29. The van der Waals surface area contributed by atoms with E-state index in [0.717, 1.165) is 5.56 Å². The van der Waals surface area contributed by atoms with Crippen molar-refractivity contribution in [2.24, 2.45) is 11.3 Å². The number of hydrogen-bond donors (Lipinski definition) is 1. The molecule has 6 nitrogen and oxygen atoms in total. The zero-order chi connectivity index (χ0) is 17.5. The molecule has 0 saturated carbocycles. The van der Waals surface area contributed by atoms with Crippen LogP contribution in [0.15, 0.2) is 24.3 Å². The summed E-state index contributed by atoms with van der Waals surface area (Å²) in [6.45, 7) is 3.49. The van der Waals surface area contributed by atoms with E-state index in [1.165, 1.54) is 4.31 Å². The molecule has 2 fully saturated rings. The lowest BCUT2D eigenvalue weighted by Crippen LogP contribution is -2.42. The van der Waals surface area contributed by atoms with Gasteiger partial charge < -0.3 is 5.11 Å². The Labute approximate surface area is 147 Å². The molecule has 1 N–H and O–H groups in total. The highest BCUT2D eigenvalue weighted by molar-refractivity contribution is 7.89. The second-order valence-corrected chi connectivity index (χ2v) is 9.34. The molecule has 132 valence electrons.